The van der Waals surface area contributed by atoms with Gasteiger partial charge in [0.1, 0.15) is 0 Å². The van der Waals surface area contributed by atoms with Crippen molar-refractivity contribution in [2.45, 2.75) is 13.8 Å². The number of urea groups is 1. The van der Waals surface area contributed by atoms with Crippen molar-refractivity contribution in [3.63, 3.8) is 0 Å². The number of benzene rings is 1. The molecule has 98 valence electrons. The van der Waals surface area contributed by atoms with E-state index in [1.54, 1.807) is 6.07 Å². The Balaban J connectivity index is 2.47. The Morgan fingerprint density at radius 3 is 2.61 bits per heavy atom. The van der Waals surface area contributed by atoms with E-state index in [0.717, 1.165) is 10.0 Å². The number of hydrogen-bond donors (Lipinski definition) is 3. The van der Waals surface area contributed by atoms with Crippen LogP contribution >= 0.6 is 15.9 Å². The number of amides is 3. The van der Waals surface area contributed by atoms with Crippen LogP contribution in [0.3, 0.4) is 0 Å². The van der Waals surface area contributed by atoms with Crippen molar-refractivity contribution in [2.24, 2.45) is 0 Å². The zero-order chi connectivity index (χ0) is 13.5. The van der Waals surface area contributed by atoms with E-state index in [4.69, 9.17) is 0 Å². The molecule has 0 aliphatic rings. The monoisotopic (exact) mass is 313 g/mol. The summed E-state index contributed by atoms with van der Waals surface area (Å²) in [6.07, 6.45) is 0. The van der Waals surface area contributed by atoms with E-state index in [1.165, 1.54) is 0 Å². The minimum absolute atomic E-state index is 0.0325. The van der Waals surface area contributed by atoms with Gasteiger partial charge in [-0.2, -0.15) is 0 Å². The topological polar surface area (TPSA) is 70.2 Å². The molecule has 18 heavy (non-hydrogen) atoms. The van der Waals surface area contributed by atoms with E-state index in [0.29, 0.717) is 12.2 Å². The smallest absolute Gasteiger partial charge is 0.319 e. The Bertz CT molecular complexity index is 449. The van der Waals surface area contributed by atoms with E-state index in [1.807, 2.05) is 26.0 Å². The maximum atomic E-state index is 11.5. The standard InChI is InChI=1S/C12H16BrN3O2/c1-3-14-11(17)7-15-12(18)16-10-5-4-9(13)6-8(10)2/h4-6H,3,7H2,1-2H3,(H,14,17)(H2,15,16,18). The average molecular weight is 314 g/mol. The van der Waals surface area contributed by atoms with Crippen LogP contribution in [0.4, 0.5) is 10.5 Å². The highest BCUT2D eigenvalue weighted by molar-refractivity contribution is 9.10. The summed E-state index contributed by atoms with van der Waals surface area (Å²) in [5.41, 5.74) is 1.66. The highest BCUT2D eigenvalue weighted by Gasteiger charge is 2.06. The van der Waals surface area contributed by atoms with E-state index < -0.39 is 6.03 Å². The Hall–Kier alpha value is -1.56. The molecular formula is C12H16BrN3O2. The summed E-state index contributed by atoms with van der Waals surface area (Å²) in [4.78, 5) is 22.7. The van der Waals surface area contributed by atoms with Crippen LogP contribution in [-0.4, -0.2) is 25.0 Å². The van der Waals surface area contributed by atoms with Gasteiger partial charge >= 0.3 is 6.03 Å². The van der Waals surface area contributed by atoms with Crippen molar-refractivity contribution < 1.29 is 9.59 Å². The van der Waals surface area contributed by atoms with Gasteiger partial charge in [0.2, 0.25) is 5.91 Å². The molecule has 0 aromatic heterocycles. The predicted octanol–water partition coefficient (Wildman–Crippen LogP) is 2.02. The van der Waals surface area contributed by atoms with Crippen molar-refractivity contribution in [1.29, 1.82) is 0 Å². The SMILES string of the molecule is CCNC(=O)CNC(=O)Nc1ccc(Br)cc1C. The third-order valence-corrected chi connectivity index (χ3v) is 2.71. The highest BCUT2D eigenvalue weighted by Crippen LogP contribution is 2.19. The quantitative estimate of drug-likeness (QED) is 0.796. The summed E-state index contributed by atoms with van der Waals surface area (Å²) < 4.78 is 0.952. The first kappa shape index (κ1) is 14.5. The van der Waals surface area contributed by atoms with E-state index >= 15 is 0 Å². The molecule has 0 radical (unpaired) electrons. The summed E-state index contributed by atoms with van der Waals surface area (Å²) in [7, 11) is 0. The molecule has 0 bridgehead atoms. The molecule has 0 saturated heterocycles. The molecule has 3 amide bonds. The van der Waals surface area contributed by atoms with Gasteiger partial charge in [0, 0.05) is 16.7 Å². The minimum Gasteiger partial charge on any atom is -0.355 e. The van der Waals surface area contributed by atoms with E-state index in [-0.39, 0.29) is 12.5 Å². The van der Waals surface area contributed by atoms with Gasteiger partial charge in [0.15, 0.2) is 0 Å². The molecule has 0 unspecified atom stereocenters. The zero-order valence-corrected chi connectivity index (χ0v) is 11.9. The molecule has 0 heterocycles. The number of aryl methyl sites for hydroxylation is 1. The number of anilines is 1. The fourth-order valence-corrected chi connectivity index (χ4v) is 1.83. The Labute approximate surface area is 114 Å². The first-order valence-electron chi connectivity index (χ1n) is 5.60. The second kappa shape index (κ2) is 7.00. The number of carbonyl (C=O) groups is 2. The molecule has 0 aliphatic heterocycles. The van der Waals surface area contributed by atoms with Crippen molar-refractivity contribution >= 4 is 33.6 Å². The molecule has 1 aromatic carbocycles. The molecule has 1 aromatic rings. The van der Waals surface area contributed by atoms with Gasteiger partial charge in [-0.15, -0.1) is 0 Å². The van der Waals surface area contributed by atoms with Gasteiger partial charge in [-0.05, 0) is 37.6 Å². The van der Waals surface area contributed by atoms with E-state index in [9.17, 15) is 9.59 Å². The van der Waals surface area contributed by atoms with Crippen LogP contribution < -0.4 is 16.0 Å². The number of rotatable bonds is 4. The van der Waals surface area contributed by atoms with Gasteiger partial charge in [-0.1, -0.05) is 15.9 Å². The van der Waals surface area contributed by atoms with E-state index in [2.05, 4.69) is 31.9 Å². The number of carbonyl (C=O) groups excluding carboxylic acids is 2. The lowest BCUT2D eigenvalue weighted by Crippen LogP contribution is -2.38. The van der Waals surface area contributed by atoms with Gasteiger partial charge in [-0.25, -0.2) is 4.79 Å². The summed E-state index contributed by atoms with van der Waals surface area (Å²) in [6, 6.07) is 5.14. The molecule has 6 heteroatoms. The molecule has 0 fully saturated rings. The van der Waals surface area contributed by atoms with Gasteiger partial charge in [0.05, 0.1) is 6.54 Å². The van der Waals surface area contributed by atoms with Crippen molar-refractivity contribution in [1.82, 2.24) is 10.6 Å². The number of nitrogens with one attached hydrogen (secondary N) is 3. The van der Waals surface area contributed by atoms with Crippen molar-refractivity contribution in [3.05, 3.63) is 28.2 Å². The second-order valence-electron chi connectivity index (χ2n) is 3.72. The van der Waals surface area contributed by atoms with Crippen molar-refractivity contribution in [2.75, 3.05) is 18.4 Å². The molecule has 3 N–H and O–H groups in total. The normalized spacial score (nSPS) is 9.72. The predicted molar refractivity (Wildman–Crippen MR) is 74.6 cm³/mol. The summed E-state index contributed by atoms with van der Waals surface area (Å²) in [5.74, 6) is -0.208. The van der Waals surface area contributed by atoms with Crippen LogP contribution in [0.5, 0.6) is 0 Å². The van der Waals surface area contributed by atoms with Crippen LogP contribution in [0, 0.1) is 6.92 Å². The molecular weight excluding hydrogens is 298 g/mol. The number of likely N-dealkylation sites (N-methyl/N-ethyl adjacent to an activating group) is 1. The van der Waals surface area contributed by atoms with Crippen LogP contribution in [0.2, 0.25) is 0 Å². The Kier molecular flexibility index (Phi) is 5.64. The zero-order valence-electron chi connectivity index (χ0n) is 10.3. The third kappa shape index (κ3) is 4.75. The molecule has 0 spiro atoms. The lowest BCUT2D eigenvalue weighted by molar-refractivity contribution is -0.119. The third-order valence-electron chi connectivity index (χ3n) is 2.22. The van der Waals surface area contributed by atoms with Crippen LogP contribution in [0.25, 0.3) is 0 Å². The molecule has 1 rings (SSSR count). The lowest BCUT2D eigenvalue weighted by atomic mass is 10.2. The second-order valence-corrected chi connectivity index (χ2v) is 4.64. The largest absolute Gasteiger partial charge is 0.355 e. The maximum absolute atomic E-state index is 11.5. The van der Waals surface area contributed by atoms with Crippen LogP contribution in [0.1, 0.15) is 12.5 Å². The van der Waals surface area contributed by atoms with Crippen molar-refractivity contribution in [3.8, 4) is 0 Å². The molecule has 0 atom stereocenters. The number of halogens is 1. The summed E-state index contributed by atoms with van der Waals surface area (Å²) in [6.45, 7) is 4.23. The first-order chi connectivity index (χ1) is 8.52. The Morgan fingerprint density at radius 1 is 1.28 bits per heavy atom. The lowest BCUT2D eigenvalue weighted by Gasteiger charge is -2.10. The summed E-state index contributed by atoms with van der Waals surface area (Å²) >= 11 is 3.35. The fraction of sp³-hybridized carbons (Fsp3) is 0.333. The highest BCUT2D eigenvalue weighted by atomic mass is 79.9. The van der Waals surface area contributed by atoms with Gasteiger partial charge < -0.3 is 16.0 Å². The summed E-state index contributed by atoms with van der Waals surface area (Å²) in [5, 5.41) is 7.76. The first-order valence-corrected chi connectivity index (χ1v) is 6.40. The Morgan fingerprint density at radius 2 is 2.00 bits per heavy atom. The van der Waals surface area contributed by atoms with Crippen LogP contribution in [0.15, 0.2) is 22.7 Å². The van der Waals surface area contributed by atoms with Gasteiger partial charge in [0.25, 0.3) is 0 Å². The molecule has 0 aliphatic carbocycles. The van der Waals surface area contributed by atoms with Gasteiger partial charge in [-0.3, -0.25) is 4.79 Å². The van der Waals surface area contributed by atoms with Crippen LogP contribution in [-0.2, 0) is 4.79 Å². The average Bonchev–Trinajstić information content (AvgIpc) is 2.31. The fourth-order valence-electron chi connectivity index (χ4n) is 1.35. The molecule has 0 saturated carbocycles. The molecule has 5 nitrogen and oxygen atoms in total. The minimum atomic E-state index is -0.397. The number of hydrogen-bond acceptors (Lipinski definition) is 2. The maximum Gasteiger partial charge on any atom is 0.319 e.